The number of halogens is 1. The van der Waals surface area contributed by atoms with E-state index >= 15 is 0 Å². The number of Topliss-reactive ketones (excluding diaryl/α,β-unsaturated/α-hetero) is 1. The fourth-order valence-corrected chi connectivity index (χ4v) is 1.88. The highest BCUT2D eigenvalue weighted by Gasteiger charge is 2.13. The third kappa shape index (κ3) is 2.25. The first-order valence-electron chi connectivity index (χ1n) is 5.74. The summed E-state index contributed by atoms with van der Waals surface area (Å²) in [6, 6.07) is 10.6. The second-order valence-corrected chi connectivity index (χ2v) is 3.98. The number of ketones is 1. The number of aromatic hydroxyl groups is 1. The van der Waals surface area contributed by atoms with E-state index in [1.54, 1.807) is 31.2 Å². The fraction of sp³-hybridized carbons (Fsp3) is 0.133. The van der Waals surface area contributed by atoms with Crippen molar-refractivity contribution in [3.63, 3.8) is 0 Å². The highest BCUT2D eigenvalue weighted by molar-refractivity contribution is 6.02. The molecule has 1 N–H and O–H groups in total. The largest absolute Gasteiger partial charge is 0.507 e. The van der Waals surface area contributed by atoms with Gasteiger partial charge in [-0.2, -0.15) is 0 Å². The molecule has 0 amide bonds. The van der Waals surface area contributed by atoms with E-state index in [1.165, 1.54) is 18.2 Å². The molecule has 0 aliphatic rings. The second-order valence-electron chi connectivity index (χ2n) is 3.98. The van der Waals surface area contributed by atoms with Gasteiger partial charge in [0.1, 0.15) is 11.6 Å². The molecule has 0 saturated carbocycles. The van der Waals surface area contributed by atoms with Crippen LogP contribution in [0.25, 0.3) is 11.1 Å². The minimum atomic E-state index is -0.443. The number of phenolic OH excluding ortho intramolecular Hbond substituents is 1. The number of carbonyl (C=O) groups is 1. The van der Waals surface area contributed by atoms with E-state index in [0.717, 1.165) is 0 Å². The van der Waals surface area contributed by atoms with Crippen molar-refractivity contribution in [3.8, 4) is 16.9 Å². The fourth-order valence-electron chi connectivity index (χ4n) is 1.88. The van der Waals surface area contributed by atoms with Gasteiger partial charge in [-0.05, 0) is 23.8 Å². The summed E-state index contributed by atoms with van der Waals surface area (Å²) in [4.78, 5) is 11.8. The molecule has 0 saturated heterocycles. The predicted octanol–water partition coefficient (Wildman–Crippen LogP) is 3.79. The van der Waals surface area contributed by atoms with Crippen molar-refractivity contribution >= 4 is 5.78 Å². The molecule has 3 heteroatoms. The standard InChI is InChI=1S/C15H13FO2/c1-2-14(17)12-6-4-3-5-11(12)13-9-10(16)7-8-15(13)18/h3-9,18H,2H2,1H3. The average molecular weight is 244 g/mol. The molecule has 2 nitrogen and oxygen atoms in total. The van der Waals surface area contributed by atoms with Gasteiger partial charge in [0.2, 0.25) is 0 Å². The van der Waals surface area contributed by atoms with Crippen LogP contribution in [-0.2, 0) is 0 Å². The minimum absolute atomic E-state index is 0.0331. The third-order valence-electron chi connectivity index (χ3n) is 2.80. The molecule has 0 radical (unpaired) electrons. The van der Waals surface area contributed by atoms with Crippen molar-refractivity contribution in [3.05, 3.63) is 53.8 Å². The molecule has 18 heavy (non-hydrogen) atoms. The number of hydrogen-bond acceptors (Lipinski definition) is 2. The Labute approximate surface area is 105 Å². The van der Waals surface area contributed by atoms with E-state index in [2.05, 4.69) is 0 Å². The van der Waals surface area contributed by atoms with Gasteiger partial charge in [0.25, 0.3) is 0 Å². The highest BCUT2D eigenvalue weighted by Crippen LogP contribution is 2.32. The summed E-state index contributed by atoms with van der Waals surface area (Å²) in [6.45, 7) is 1.77. The summed E-state index contributed by atoms with van der Waals surface area (Å²) in [6.07, 6.45) is 0.368. The van der Waals surface area contributed by atoms with Gasteiger partial charge in [0.05, 0.1) is 0 Å². The van der Waals surface area contributed by atoms with E-state index < -0.39 is 5.82 Å². The molecule has 0 spiro atoms. The quantitative estimate of drug-likeness (QED) is 0.834. The maximum atomic E-state index is 13.3. The summed E-state index contributed by atoms with van der Waals surface area (Å²) >= 11 is 0. The summed E-state index contributed by atoms with van der Waals surface area (Å²) in [5.41, 5.74) is 1.40. The van der Waals surface area contributed by atoms with Crippen LogP contribution in [0.3, 0.4) is 0 Å². The van der Waals surface area contributed by atoms with Gasteiger partial charge in [-0.1, -0.05) is 31.2 Å². The maximum absolute atomic E-state index is 13.3. The number of benzene rings is 2. The van der Waals surface area contributed by atoms with Gasteiger partial charge in [-0.25, -0.2) is 4.39 Å². The molecule has 0 aliphatic heterocycles. The van der Waals surface area contributed by atoms with E-state index in [1.807, 2.05) is 0 Å². The first-order chi connectivity index (χ1) is 8.63. The zero-order chi connectivity index (χ0) is 13.1. The Balaban J connectivity index is 2.64. The lowest BCUT2D eigenvalue weighted by Crippen LogP contribution is -1.99. The molecule has 0 bridgehead atoms. The lowest BCUT2D eigenvalue weighted by molar-refractivity contribution is 0.0989. The SMILES string of the molecule is CCC(=O)c1ccccc1-c1cc(F)ccc1O. The van der Waals surface area contributed by atoms with Gasteiger partial charge in [-0.15, -0.1) is 0 Å². The van der Waals surface area contributed by atoms with Crippen LogP contribution in [-0.4, -0.2) is 10.9 Å². The van der Waals surface area contributed by atoms with Crippen molar-refractivity contribution in [1.82, 2.24) is 0 Å². The van der Waals surface area contributed by atoms with Crippen molar-refractivity contribution in [2.24, 2.45) is 0 Å². The Bertz CT molecular complexity index is 591. The van der Waals surface area contributed by atoms with Crippen molar-refractivity contribution in [2.45, 2.75) is 13.3 Å². The van der Waals surface area contributed by atoms with Crippen LogP contribution in [0.2, 0.25) is 0 Å². The lowest BCUT2D eigenvalue weighted by atomic mass is 9.95. The van der Waals surface area contributed by atoms with Crippen LogP contribution in [0.1, 0.15) is 23.7 Å². The van der Waals surface area contributed by atoms with E-state index in [-0.39, 0.29) is 11.5 Å². The first-order valence-corrected chi connectivity index (χ1v) is 5.74. The smallest absolute Gasteiger partial charge is 0.163 e. The van der Waals surface area contributed by atoms with Gasteiger partial charge in [-0.3, -0.25) is 4.79 Å². The van der Waals surface area contributed by atoms with Crippen LogP contribution in [0, 0.1) is 5.82 Å². The molecule has 0 aromatic heterocycles. The minimum Gasteiger partial charge on any atom is -0.507 e. The Morgan fingerprint density at radius 1 is 1.17 bits per heavy atom. The molecule has 0 unspecified atom stereocenters. The normalized spacial score (nSPS) is 10.3. The lowest BCUT2D eigenvalue weighted by Gasteiger charge is -2.09. The zero-order valence-corrected chi connectivity index (χ0v) is 9.98. The van der Waals surface area contributed by atoms with Crippen LogP contribution < -0.4 is 0 Å². The van der Waals surface area contributed by atoms with E-state index in [0.29, 0.717) is 23.1 Å². The summed E-state index contributed by atoms with van der Waals surface area (Å²) < 4.78 is 13.3. The summed E-state index contributed by atoms with van der Waals surface area (Å²) in [7, 11) is 0. The van der Waals surface area contributed by atoms with E-state index in [9.17, 15) is 14.3 Å². The van der Waals surface area contributed by atoms with Crippen molar-refractivity contribution in [1.29, 1.82) is 0 Å². The Kier molecular flexibility index (Phi) is 3.42. The average Bonchev–Trinajstić information content (AvgIpc) is 2.40. The topological polar surface area (TPSA) is 37.3 Å². The summed E-state index contributed by atoms with van der Waals surface area (Å²) in [5, 5.41) is 9.79. The Morgan fingerprint density at radius 2 is 1.89 bits per heavy atom. The molecule has 2 aromatic carbocycles. The highest BCUT2D eigenvalue weighted by atomic mass is 19.1. The van der Waals surface area contributed by atoms with Crippen molar-refractivity contribution in [2.75, 3.05) is 0 Å². The molecule has 2 aromatic rings. The molecule has 0 atom stereocenters. The van der Waals surface area contributed by atoms with Gasteiger partial charge < -0.3 is 5.11 Å². The van der Waals surface area contributed by atoms with Gasteiger partial charge in [0, 0.05) is 17.5 Å². The first kappa shape index (κ1) is 12.3. The number of carbonyl (C=O) groups excluding carboxylic acids is 1. The molecule has 0 fully saturated rings. The molecular formula is C15H13FO2. The van der Waals surface area contributed by atoms with Crippen LogP contribution in [0.4, 0.5) is 4.39 Å². The molecule has 2 rings (SSSR count). The second kappa shape index (κ2) is 5.00. The Morgan fingerprint density at radius 3 is 2.61 bits per heavy atom. The Hall–Kier alpha value is -2.16. The number of hydrogen-bond donors (Lipinski definition) is 1. The zero-order valence-electron chi connectivity index (χ0n) is 9.98. The monoisotopic (exact) mass is 244 g/mol. The van der Waals surface area contributed by atoms with Crippen LogP contribution in [0.15, 0.2) is 42.5 Å². The third-order valence-corrected chi connectivity index (χ3v) is 2.80. The van der Waals surface area contributed by atoms with E-state index in [4.69, 9.17) is 0 Å². The molecule has 92 valence electrons. The predicted molar refractivity (Wildman–Crippen MR) is 68.1 cm³/mol. The summed E-state index contributed by atoms with van der Waals surface area (Å²) in [5.74, 6) is -0.511. The number of phenols is 1. The molecule has 0 heterocycles. The van der Waals surface area contributed by atoms with Gasteiger partial charge >= 0.3 is 0 Å². The van der Waals surface area contributed by atoms with Crippen molar-refractivity contribution < 1.29 is 14.3 Å². The number of rotatable bonds is 3. The van der Waals surface area contributed by atoms with Crippen LogP contribution >= 0.6 is 0 Å². The van der Waals surface area contributed by atoms with Gasteiger partial charge in [0.15, 0.2) is 5.78 Å². The maximum Gasteiger partial charge on any atom is 0.163 e. The molecule has 0 aliphatic carbocycles. The molecular weight excluding hydrogens is 231 g/mol. The van der Waals surface area contributed by atoms with Crippen LogP contribution in [0.5, 0.6) is 5.75 Å².